The van der Waals surface area contributed by atoms with E-state index in [1.165, 1.54) is 5.69 Å². The van der Waals surface area contributed by atoms with Crippen LogP contribution in [0.2, 0.25) is 0 Å². The monoisotopic (exact) mass is 318 g/mol. The number of rotatable bonds is 6. The Kier molecular flexibility index (Phi) is 5.77. The number of aryl methyl sites for hydroxylation is 3. The van der Waals surface area contributed by atoms with Crippen LogP contribution in [0.3, 0.4) is 0 Å². The van der Waals surface area contributed by atoms with Gasteiger partial charge in [-0.1, -0.05) is 6.07 Å². The maximum Gasteiger partial charge on any atom is 0.170 e. The number of nitrogens with one attached hydrogen (secondary N) is 2. The van der Waals surface area contributed by atoms with Crippen LogP contribution in [-0.2, 0) is 6.54 Å². The van der Waals surface area contributed by atoms with Crippen LogP contribution in [0.1, 0.15) is 17.8 Å². The van der Waals surface area contributed by atoms with Crippen LogP contribution in [0.5, 0.6) is 5.75 Å². The van der Waals surface area contributed by atoms with Gasteiger partial charge in [-0.2, -0.15) is 5.10 Å². The second-order valence-electron chi connectivity index (χ2n) is 5.12. The third-order valence-electron chi connectivity index (χ3n) is 3.26. The molecular weight excluding hydrogens is 296 g/mol. The molecule has 2 rings (SSSR count). The highest BCUT2D eigenvalue weighted by Crippen LogP contribution is 2.16. The van der Waals surface area contributed by atoms with Crippen molar-refractivity contribution in [1.82, 2.24) is 15.1 Å². The lowest BCUT2D eigenvalue weighted by atomic mass is 10.3. The van der Waals surface area contributed by atoms with Crippen molar-refractivity contribution in [3.8, 4) is 5.75 Å². The van der Waals surface area contributed by atoms with E-state index in [-0.39, 0.29) is 0 Å². The molecule has 6 heteroatoms. The fourth-order valence-corrected chi connectivity index (χ4v) is 2.43. The zero-order chi connectivity index (χ0) is 15.9. The first-order valence-corrected chi connectivity index (χ1v) is 7.69. The number of aromatic nitrogens is 2. The SMILES string of the molecule is COc1cccc(NC(=S)NCCCn2nc(C)cc2C)c1. The molecule has 0 amide bonds. The second kappa shape index (κ2) is 7.79. The number of ether oxygens (including phenoxy) is 1. The van der Waals surface area contributed by atoms with Crippen LogP contribution >= 0.6 is 12.2 Å². The molecule has 0 aliphatic rings. The highest BCUT2D eigenvalue weighted by molar-refractivity contribution is 7.80. The molecule has 1 aromatic carbocycles. The topological polar surface area (TPSA) is 51.1 Å². The molecule has 1 aromatic heterocycles. The molecule has 2 aromatic rings. The minimum Gasteiger partial charge on any atom is -0.497 e. The van der Waals surface area contributed by atoms with Crippen molar-refractivity contribution >= 4 is 23.0 Å². The Hall–Kier alpha value is -2.08. The lowest BCUT2D eigenvalue weighted by molar-refractivity contribution is 0.415. The molecule has 0 unspecified atom stereocenters. The van der Waals surface area contributed by atoms with Crippen molar-refractivity contribution in [3.05, 3.63) is 41.7 Å². The number of hydrogen-bond donors (Lipinski definition) is 2. The summed E-state index contributed by atoms with van der Waals surface area (Å²) < 4.78 is 7.21. The molecule has 1 heterocycles. The maximum atomic E-state index is 5.29. The second-order valence-corrected chi connectivity index (χ2v) is 5.52. The molecule has 0 atom stereocenters. The van der Waals surface area contributed by atoms with Gasteiger partial charge in [-0.25, -0.2) is 0 Å². The van der Waals surface area contributed by atoms with Gasteiger partial charge in [-0.3, -0.25) is 4.68 Å². The molecular formula is C16H22N4OS. The average Bonchev–Trinajstić information content (AvgIpc) is 2.82. The molecule has 22 heavy (non-hydrogen) atoms. The zero-order valence-corrected chi connectivity index (χ0v) is 14.0. The van der Waals surface area contributed by atoms with Crippen molar-refractivity contribution in [2.45, 2.75) is 26.8 Å². The van der Waals surface area contributed by atoms with Gasteiger partial charge in [0.25, 0.3) is 0 Å². The van der Waals surface area contributed by atoms with Gasteiger partial charge in [-0.05, 0) is 50.7 Å². The minimum absolute atomic E-state index is 0.613. The van der Waals surface area contributed by atoms with Gasteiger partial charge in [0.1, 0.15) is 5.75 Å². The summed E-state index contributed by atoms with van der Waals surface area (Å²) in [5.74, 6) is 0.803. The third kappa shape index (κ3) is 4.73. The van der Waals surface area contributed by atoms with E-state index >= 15 is 0 Å². The predicted octanol–water partition coefficient (Wildman–Crippen LogP) is 2.89. The fraction of sp³-hybridized carbons (Fsp3) is 0.375. The Morgan fingerprint density at radius 1 is 1.32 bits per heavy atom. The average molecular weight is 318 g/mol. The molecule has 0 spiro atoms. The number of anilines is 1. The summed E-state index contributed by atoms with van der Waals surface area (Å²) in [6.07, 6.45) is 0.960. The van der Waals surface area contributed by atoms with Crippen LogP contribution < -0.4 is 15.4 Å². The van der Waals surface area contributed by atoms with E-state index in [0.29, 0.717) is 5.11 Å². The highest BCUT2D eigenvalue weighted by Gasteiger charge is 2.01. The Balaban J connectivity index is 1.72. The Bertz CT molecular complexity index is 639. The van der Waals surface area contributed by atoms with Gasteiger partial charge in [0.15, 0.2) is 5.11 Å². The van der Waals surface area contributed by atoms with Crippen molar-refractivity contribution in [2.75, 3.05) is 19.0 Å². The number of nitrogens with zero attached hydrogens (tertiary/aromatic N) is 2. The molecule has 0 bridgehead atoms. The third-order valence-corrected chi connectivity index (χ3v) is 3.51. The normalized spacial score (nSPS) is 10.3. The van der Waals surface area contributed by atoms with E-state index in [0.717, 1.165) is 36.6 Å². The van der Waals surface area contributed by atoms with E-state index in [1.807, 2.05) is 35.9 Å². The standard InChI is InChI=1S/C16H22N4OS/c1-12-10-13(2)20(19-12)9-5-8-17-16(22)18-14-6-4-7-15(11-14)21-3/h4,6-7,10-11H,5,8-9H2,1-3H3,(H2,17,18,22). The summed E-state index contributed by atoms with van der Waals surface area (Å²) >= 11 is 5.29. The van der Waals surface area contributed by atoms with E-state index in [1.54, 1.807) is 7.11 Å². The Morgan fingerprint density at radius 3 is 2.82 bits per heavy atom. The lowest BCUT2D eigenvalue weighted by Crippen LogP contribution is -2.29. The summed E-state index contributed by atoms with van der Waals surface area (Å²) in [5.41, 5.74) is 3.16. The Morgan fingerprint density at radius 2 is 2.14 bits per heavy atom. The maximum absolute atomic E-state index is 5.29. The van der Waals surface area contributed by atoms with Crippen LogP contribution in [0.4, 0.5) is 5.69 Å². The number of hydrogen-bond acceptors (Lipinski definition) is 3. The van der Waals surface area contributed by atoms with E-state index in [2.05, 4.69) is 28.7 Å². The van der Waals surface area contributed by atoms with Crippen LogP contribution in [-0.4, -0.2) is 28.5 Å². The summed E-state index contributed by atoms with van der Waals surface area (Å²) in [6, 6.07) is 9.77. The molecule has 5 nitrogen and oxygen atoms in total. The van der Waals surface area contributed by atoms with Gasteiger partial charge in [-0.15, -0.1) is 0 Å². The van der Waals surface area contributed by atoms with E-state index in [9.17, 15) is 0 Å². The number of benzene rings is 1. The summed E-state index contributed by atoms with van der Waals surface area (Å²) in [4.78, 5) is 0. The molecule has 2 N–H and O–H groups in total. The largest absolute Gasteiger partial charge is 0.497 e. The van der Waals surface area contributed by atoms with Crippen LogP contribution in [0.25, 0.3) is 0 Å². The molecule has 0 saturated carbocycles. The van der Waals surface area contributed by atoms with Gasteiger partial charge >= 0.3 is 0 Å². The molecule has 0 fully saturated rings. The van der Waals surface area contributed by atoms with Crippen LogP contribution in [0.15, 0.2) is 30.3 Å². The molecule has 0 radical (unpaired) electrons. The first kappa shape index (κ1) is 16.3. The highest BCUT2D eigenvalue weighted by atomic mass is 32.1. The number of thiocarbonyl (C=S) groups is 1. The number of methoxy groups -OCH3 is 1. The summed E-state index contributed by atoms with van der Waals surface area (Å²) in [5, 5.41) is 11.4. The van der Waals surface area contributed by atoms with Gasteiger partial charge in [0.2, 0.25) is 0 Å². The summed E-state index contributed by atoms with van der Waals surface area (Å²) in [7, 11) is 1.65. The van der Waals surface area contributed by atoms with Crippen molar-refractivity contribution in [3.63, 3.8) is 0 Å². The van der Waals surface area contributed by atoms with Crippen LogP contribution in [0, 0.1) is 13.8 Å². The smallest absolute Gasteiger partial charge is 0.170 e. The summed E-state index contributed by atoms with van der Waals surface area (Å²) in [6.45, 7) is 5.76. The van der Waals surface area contributed by atoms with E-state index in [4.69, 9.17) is 17.0 Å². The van der Waals surface area contributed by atoms with Crippen molar-refractivity contribution in [2.24, 2.45) is 0 Å². The Labute approximate surface area is 136 Å². The first-order valence-electron chi connectivity index (χ1n) is 7.28. The molecule has 0 saturated heterocycles. The van der Waals surface area contributed by atoms with Gasteiger partial charge < -0.3 is 15.4 Å². The van der Waals surface area contributed by atoms with Gasteiger partial charge in [0, 0.05) is 30.5 Å². The quantitative estimate of drug-likeness (QED) is 0.633. The van der Waals surface area contributed by atoms with E-state index < -0.39 is 0 Å². The minimum atomic E-state index is 0.613. The first-order chi connectivity index (χ1) is 10.6. The predicted molar refractivity (Wildman–Crippen MR) is 93.5 cm³/mol. The molecule has 118 valence electrons. The lowest BCUT2D eigenvalue weighted by Gasteiger charge is -2.11. The van der Waals surface area contributed by atoms with Gasteiger partial charge in [0.05, 0.1) is 12.8 Å². The fourth-order valence-electron chi connectivity index (χ4n) is 2.21. The molecule has 0 aliphatic heterocycles. The molecule has 0 aliphatic carbocycles. The van der Waals surface area contributed by atoms with Crippen molar-refractivity contribution in [1.29, 1.82) is 0 Å². The van der Waals surface area contributed by atoms with Crippen molar-refractivity contribution < 1.29 is 4.74 Å². The zero-order valence-electron chi connectivity index (χ0n) is 13.2.